The smallest absolute Gasteiger partial charge is 0.295 e. The molecule has 1 aliphatic heterocycles. The molecule has 1 saturated heterocycles. The SMILES string of the molecule is CCOc1cccc(/C(O)=C2\C(=O)C(=O)N(CCCOC(C)C)C2c2cc(OC)c(OC)c(OC)c2)c1. The lowest BCUT2D eigenvalue weighted by Gasteiger charge is -2.26. The Bertz CT molecular complexity index is 1130. The number of Topliss-reactive ketones (excluding diaryl/α,β-unsaturated/α-hetero) is 1. The maximum absolute atomic E-state index is 13.3. The lowest BCUT2D eigenvalue weighted by atomic mass is 9.94. The molecule has 37 heavy (non-hydrogen) atoms. The number of rotatable bonds is 12. The van der Waals surface area contributed by atoms with E-state index in [0.717, 1.165) is 0 Å². The number of nitrogens with zero attached hydrogens (tertiary/aromatic N) is 1. The standard InChI is InChI=1S/C28H35NO8/c1-7-36-20-11-8-10-18(14-20)25(30)23-24(19-15-21(33-4)27(35-6)22(16-19)34-5)29(28(32)26(23)31)12-9-13-37-17(2)3/h8,10-11,14-17,24,30H,7,9,12-13H2,1-6H3/b25-23+. The first kappa shape index (κ1) is 27.9. The maximum Gasteiger partial charge on any atom is 0.295 e. The number of likely N-dealkylation sites (tertiary alicyclic amines) is 1. The van der Waals surface area contributed by atoms with Crippen molar-refractivity contribution in [3.63, 3.8) is 0 Å². The molecule has 1 amide bonds. The second kappa shape index (κ2) is 12.5. The van der Waals surface area contributed by atoms with E-state index < -0.39 is 17.7 Å². The zero-order chi connectivity index (χ0) is 27.1. The summed E-state index contributed by atoms with van der Waals surface area (Å²) < 4.78 is 27.6. The summed E-state index contributed by atoms with van der Waals surface area (Å²) in [6, 6.07) is 9.24. The number of carbonyl (C=O) groups is 2. The van der Waals surface area contributed by atoms with E-state index in [2.05, 4.69) is 0 Å². The Morgan fingerprint density at radius 1 is 1.03 bits per heavy atom. The second-order valence-corrected chi connectivity index (χ2v) is 8.69. The van der Waals surface area contributed by atoms with Gasteiger partial charge in [-0.15, -0.1) is 0 Å². The van der Waals surface area contributed by atoms with Crippen molar-refractivity contribution in [3.8, 4) is 23.0 Å². The molecule has 0 radical (unpaired) electrons. The van der Waals surface area contributed by atoms with Crippen LogP contribution in [0.5, 0.6) is 23.0 Å². The fourth-order valence-electron chi connectivity index (χ4n) is 4.33. The Morgan fingerprint density at radius 2 is 1.70 bits per heavy atom. The van der Waals surface area contributed by atoms with Crippen LogP contribution in [0, 0.1) is 0 Å². The Morgan fingerprint density at radius 3 is 2.27 bits per heavy atom. The van der Waals surface area contributed by atoms with E-state index in [1.807, 2.05) is 20.8 Å². The highest BCUT2D eigenvalue weighted by molar-refractivity contribution is 6.46. The van der Waals surface area contributed by atoms with Gasteiger partial charge in [0, 0.05) is 18.7 Å². The molecule has 0 saturated carbocycles. The van der Waals surface area contributed by atoms with Gasteiger partial charge in [0.05, 0.1) is 45.7 Å². The minimum absolute atomic E-state index is 0.0299. The molecular weight excluding hydrogens is 478 g/mol. The summed E-state index contributed by atoms with van der Waals surface area (Å²) in [5.74, 6) is -0.127. The van der Waals surface area contributed by atoms with Crippen LogP contribution < -0.4 is 18.9 Å². The number of aliphatic hydroxyl groups is 1. The van der Waals surface area contributed by atoms with Crippen molar-refractivity contribution in [3.05, 3.63) is 53.1 Å². The molecule has 9 heteroatoms. The predicted octanol–water partition coefficient (Wildman–Crippen LogP) is 4.35. The summed E-state index contributed by atoms with van der Waals surface area (Å²) in [4.78, 5) is 28.0. The molecule has 1 atom stereocenters. The fourth-order valence-corrected chi connectivity index (χ4v) is 4.33. The van der Waals surface area contributed by atoms with Crippen molar-refractivity contribution in [1.29, 1.82) is 0 Å². The van der Waals surface area contributed by atoms with Crippen molar-refractivity contribution in [1.82, 2.24) is 4.90 Å². The molecule has 2 aromatic carbocycles. The second-order valence-electron chi connectivity index (χ2n) is 8.69. The zero-order valence-electron chi connectivity index (χ0n) is 22.2. The van der Waals surface area contributed by atoms with E-state index in [0.29, 0.717) is 53.8 Å². The highest BCUT2D eigenvalue weighted by atomic mass is 16.5. The summed E-state index contributed by atoms with van der Waals surface area (Å²) in [5, 5.41) is 11.4. The van der Waals surface area contributed by atoms with E-state index in [1.165, 1.54) is 26.2 Å². The summed E-state index contributed by atoms with van der Waals surface area (Å²) in [6.45, 7) is 6.81. The van der Waals surface area contributed by atoms with E-state index in [1.54, 1.807) is 36.4 Å². The molecule has 9 nitrogen and oxygen atoms in total. The van der Waals surface area contributed by atoms with Crippen molar-refractivity contribution >= 4 is 17.4 Å². The van der Waals surface area contributed by atoms with Gasteiger partial charge in [0.15, 0.2) is 11.5 Å². The molecule has 0 spiro atoms. The minimum Gasteiger partial charge on any atom is -0.507 e. The van der Waals surface area contributed by atoms with Gasteiger partial charge in [-0.3, -0.25) is 9.59 Å². The topological polar surface area (TPSA) is 104 Å². The number of ketones is 1. The van der Waals surface area contributed by atoms with Gasteiger partial charge in [-0.1, -0.05) is 12.1 Å². The number of hydrogen-bond donors (Lipinski definition) is 1. The van der Waals surface area contributed by atoms with E-state index in [9.17, 15) is 14.7 Å². The van der Waals surface area contributed by atoms with Gasteiger partial charge < -0.3 is 33.7 Å². The zero-order valence-corrected chi connectivity index (χ0v) is 22.2. The molecule has 1 N–H and O–H groups in total. The van der Waals surface area contributed by atoms with Crippen molar-refractivity contribution < 1.29 is 38.4 Å². The van der Waals surface area contributed by atoms with Gasteiger partial charge in [-0.05, 0) is 57.0 Å². The van der Waals surface area contributed by atoms with E-state index in [4.69, 9.17) is 23.7 Å². The monoisotopic (exact) mass is 513 g/mol. The molecule has 1 unspecified atom stereocenters. The van der Waals surface area contributed by atoms with Crippen LogP contribution in [0.15, 0.2) is 42.0 Å². The number of amides is 1. The van der Waals surface area contributed by atoms with Crippen LogP contribution in [0.3, 0.4) is 0 Å². The molecule has 0 aliphatic carbocycles. The van der Waals surface area contributed by atoms with Gasteiger partial charge in [-0.2, -0.15) is 0 Å². The third-order valence-electron chi connectivity index (χ3n) is 5.96. The van der Waals surface area contributed by atoms with Gasteiger partial charge in [0.25, 0.3) is 11.7 Å². The first-order chi connectivity index (χ1) is 17.8. The molecule has 0 bridgehead atoms. The van der Waals surface area contributed by atoms with Crippen LogP contribution >= 0.6 is 0 Å². The predicted molar refractivity (Wildman–Crippen MR) is 138 cm³/mol. The first-order valence-electron chi connectivity index (χ1n) is 12.2. The number of aliphatic hydroxyl groups excluding tert-OH is 1. The Hall–Kier alpha value is -3.72. The summed E-state index contributed by atoms with van der Waals surface area (Å²) in [5.41, 5.74) is 0.864. The molecule has 1 fully saturated rings. The lowest BCUT2D eigenvalue weighted by molar-refractivity contribution is -0.140. The molecular formula is C28H35NO8. The molecule has 200 valence electrons. The Labute approximate surface area is 217 Å². The van der Waals surface area contributed by atoms with Crippen molar-refractivity contribution in [2.75, 3.05) is 41.1 Å². The maximum atomic E-state index is 13.3. The van der Waals surface area contributed by atoms with Crippen LogP contribution in [0.2, 0.25) is 0 Å². The lowest BCUT2D eigenvalue weighted by Crippen LogP contribution is -2.31. The molecule has 1 heterocycles. The number of ether oxygens (including phenoxy) is 5. The normalized spacial score (nSPS) is 16.8. The van der Waals surface area contributed by atoms with E-state index in [-0.39, 0.29) is 24.0 Å². The average molecular weight is 514 g/mol. The average Bonchev–Trinajstić information content (AvgIpc) is 3.14. The number of benzene rings is 2. The summed E-state index contributed by atoms with van der Waals surface area (Å²) in [6.07, 6.45) is 0.547. The van der Waals surface area contributed by atoms with Gasteiger partial charge in [0.2, 0.25) is 5.75 Å². The molecule has 3 rings (SSSR count). The summed E-state index contributed by atoms with van der Waals surface area (Å²) >= 11 is 0. The van der Waals surface area contributed by atoms with Crippen LogP contribution in [0.1, 0.15) is 44.4 Å². The van der Waals surface area contributed by atoms with Crippen molar-refractivity contribution in [2.24, 2.45) is 0 Å². The van der Waals surface area contributed by atoms with Gasteiger partial charge in [-0.25, -0.2) is 0 Å². The largest absolute Gasteiger partial charge is 0.507 e. The first-order valence-corrected chi connectivity index (χ1v) is 12.2. The minimum atomic E-state index is -0.886. The summed E-state index contributed by atoms with van der Waals surface area (Å²) in [7, 11) is 4.47. The van der Waals surface area contributed by atoms with Gasteiger partial charge in [0.1, 0.15) is 11.5 Å². The van der Waals surface area contributed by atoms with E-state index >= 15 is 0 Å². The molecule has 0 aromatic heterocycles. The molecule has 1 aliphatic rings. The fraction of sp³-hybridized carbons (Fsp3) is 0.429. The van der Waals surface area contributed by atoms with Crippen LogP contribution in [-0.2, 0) is 14.3 Å². The molecule has 2 aromatic rings. The highest BCUT2D eigenvalue weighted by Crippen LogP contribution is 2.45. The van der Waals surface area contributed by atoms with Gasteiger partial charge >= 0.3 is 0 Å². The number of carbonyl (C=O) groups excluding carboxylic acids is 2. The highest BCUT2D eigenvalue weighted by Gasteiger charge is 2.46. The third kappa shape index (κ3) is 5.99. The van der Waals surface area contributed by atoms with Crippen LogP contribution in [0.25, 0.3) is 5.76 Å². The number of hydrogen-bond acceptors (Lipinski definition) is 8. The van der Waals surface area contributed by atoms with Crippen LogP contribution in [-0.4, -0.2) is 68.9 Å². The Kier molecular flexibility index (Phi) is 9.41. The number of methoxy groups -OCH3 is 3. The van der Waals surface area contributed by atoms with Crippen LogP contribution in [0.4, 0.5) is 0 Å². The quantitative estimate of drug-likeness (QED) is 0.193. The third-order valence-corrected chi connectivity index (χ3v) is 5.96. The van der Waals surface area contributed by atoms with Crippen molar-refractivity contribution in [2.45, 2.75) is 39.3 Å². The Balaban J connectivity index is 2.17.